The minimum Gasteiger partial charge on any atom is -0.293 e. The molecule has 0 aliphatic carbocycles. The molecule has 0 aromatic heterocycles. The molecule has 0 unspecified atom stereocenters. The van der Waals surface area contributed by atoms with Crippen molar-refractivity contribution in [1.82, 2.24) is 0 Å². The van der Waals surface area contributed by atoms with Crippen molar-refractivity contribution in [1.29, 1.82) is 0 Å². The van der Waals surface area contributed by atoms with Crippen molar-refractivity contribution < 1.29 is 18.4 Å². The molecule has 0 saturated carbocycles. The van der Waals surface area contributed by atoms with E-state index in [1.165, 1.54) is 0 Å². The lowest BCUT2D eigenvalue weighted by Gasteiger charge is -2.12. The molecule has 0 radical (unpaired) electrons. The maximum Gasteiger partial charge on any atom is 0.300 e. The van der Waals surface area contributed by atoms with Gasteiger partial charge in [0.15, 0.2) is 11.6 Å². The van der Waals surface area contributed by atoms with Gasteiger partial charge in [0.2, 0.25) is 0 Å². The van der Waals surface area contributed by atoms with Crippen LogP contribution in [-0.4, -0.2) is 18.2 Å². The maximum atomic E-state index is 13.0. The second-order valence-electron chi connectivity index (χ2n) is 3.21. The average Bonchev–Trinajstić information content (AvgIpc) is 2.46. The zero-order valence-corrected chi connectivity index (χ0v) is 7.96. The Kier molecular flexibility index (Phi) is 2.20. The summed E-state index contributed by atoms with van der Waals surface area (Å²) in [6, 6.07) is 1.51. The third kappa shape index (κ3) is 1.27. The number of carbonyl (C=O) groups is 2. The number of anilines is 1. The highest BCUT2D eigenvalue weighted by Gasteiger charge is 2.36. The van der Waals surface area contributed by atoms with Gasteiger partial charge in [-0.15, -0.1) is 6.42 Å². The molecule has 3 nitrogen and oxygen atoms in total. The third-order valence-corrected chi connectivity index (χ3v) is 2.26. The van der Waals surface area contributed by atoms with Crippen LogP contribution in [0.2, 0.25) is 0 Å². The number of nitrogens with zero attached hydrogens (tertiary/aromatic N) is 1. The van der Waals surface area contributed by atoms with E-state index in [0.717, 1.165) is 11.0 Å². The van der Waals surface area contributed by atoms with E-state index in [-0.39, 0.29) is 17.8 Å². The molecule has 2 rings (SSSR count). The lowest BCUT2D eigenvalue weighted by atomic mass is 10.1. The van der Waals surface area contributed by atoms with Crippen LogP contribution in [0.15, 0.2) is 12.1 Å². The van der Waals surface area contributed by atoms with Crippen LogP contribution in [-0.2, 0) is 4.79 Å². The molecule has 1 amide bonds. The standard InChI is InChI=1S/C11H5F2NO2/c1-2-3-14-9-5-8(13)7(12)4-6(9)10(15)11(14)16/h1,4-5H,3H2. The zero-order valence-electron chi connectivity index (χ0n) is 7.96. The van der Waals surface area contributed by atoms with Crippen LogP contribution in [0.25, 0.3) is 0 Å². The molecular weight excluding hydrogens is 216 g/mol. The Labute approximate surface area is 89.7 Å². The first-order valence-corrected chi connectivity index (χ1v) is 4.35. The van der Waals surface area contributed by atoms with E-state index >= 15 is 0 Å². The van der Waals surface area contributed by atoms with Crippen molar-refractivity contribution in [3.8, 4) is 12.3 Å². The Bertz CT molecular complexity index is 546. The number of Topliss-reactive ketones (excluding diaryl/α,β-unsaturated/α-hetero) is 1. The molecule has 0 saturated heterocycles. The predicted molar refractivity (Wildman–Crippen MR) is 51.9 cm³/mol. The molecule has 0 N–H and O–H groups in total. The Hall–Kier alpha value is -2.22. The van der Waals surface area contributed by atoms with Crippen LogP contribution in [0.1, 0.15) is 10.4 Å². The number of halogens is 2. The van der Waals surface area contributed by atoms with Gasteiger partial charge in [-0.2, -0.15) is 0 Å². The molecule has 0 bridgehead atoms. The van der Waals surface area contributed by atoms with Gasteiger partial charge in [0.05, 0.1) is 17.8 Å². The summed E-state index contributed by atoms with van der Waals surface area (Å²) in [5.41, 5.74) is -0.133. The first kappa shape index (κ1) is 10.3. The lowest BCUT2D eigenvalue weighted by molar-refractivity contribution is -0.114. The fraction of sp³-hybridized carbons (Fsp3) is 0.0909. The molecule has 80 valence electrons. The second-order valence-corrected chi connectivity index (χ2v) is 3.21. The first-order valence-electron chi connectivity index (χ1n) is 4.35. The van der Waals surface area contributed by atoms with Gasteiger partial charge in [-0.05, 0) is 6.07 Å². The number of fused-ring (bicyclic) bond motifs is 1. The maximum absolute atomic E-state index is 13.0. The molecule has 1 aromatic rings. The molecule has 1 aliphatic heterocycles. The highest BCUT2D eigenvalue weighted by atomic mass is 19.2. The highest BCUT2D eigenvalue weighted by molar-refractivity contribution is 6.52. The van der Waals surface area contributed by atoms with Gasteiger partial charge in [-0.25, -0.2) is 8.78 Å². The molecule has 5 heteroatoms. The smallest absolute Gasteiger partial charge is 0.293 e. The van der Waals surface area contributed by atoms with Gasteiger partial charge in [0.25, 0.3) is 11.7 Å². The van der Waals surface area contributed by atoms with Crippen LogP contribution in [0.4, 0.5) is 14.5 Å². The number of amides is 1. The Morgan fingerprint density at radius 3 is 2.50 bits per heavy atom. The Morgan fingerprint density at radius 1 is 1.25 bits per heavy atom. The number of hydrogen-bond acceptors (Lipinski definition) is 2. The summed E-state index contributed by atoms with van der Waals surface area (Å²) < 4.78 is 25.9. The molecular formula is C11H5F2NO2. The summed E-state index contributed by atoms with van der Waals surface area (Å²) in [6.07, 6.45) is 5.02. The van der Waals surface area contributed by atoms with E-state index < -0.39 is 23.3 Å². The summed E-state index contributed by atoms with van der Waals surface area (Å²) >= 11 is 0. The van der Waals surface area contributed by atoms with E-state index in [9.17, 15) is 18.4 Å². The summed E-state index contributed by atoms with van der Waals surface area (Å²) in [7, 11) is 0. The Morgan fingerprint density at radius 2 is 1.88 bits per heavy atom. The highest BCUT2D eigenvalue weighted by Crippen LogP contribution is 2.30. The normalized spacial score (nSPS) is 13.9. The summed E-state index contributed by atoms with van der Waals surface area (Å²) in [5, 5.41) is 0. The number of terminal acetylenes is 1. The molecule has 0 atom stereocenters. The third-order valence-electron chi connectivity index (χ3n) is 2.26. The fourth-order valence-corrected chi connectivity index (χ4v) is 1.54. The number of benzene rings is 1. The number of hydrogen-bond donors (Lipinski definition) is 0. The lowest BCUT2D eigenvalue weighted by Crippen LogP contribution is -2.29. The molecule has 0 fully saturated rings. The summed E-state index contributed by atoms with van der Waals surface area (Å²) in [4.78, 5) is 23.8. The zero-order chi connectivity index (χ0) is 11.9. The van der Waals surface area contributed by atoms with Crippen molar-refractivity contribution in [2.24, 2.45) is 0 Å². The molecule has 1 heterocycles. The van der Waals surface area contributed by atoms with Crippen LogP contribution in [0, 0.1) is 24.0 Å². The van der Waals surface area contributed by atoms with Crippen molar-refractivity contribution in [3.63, 3.8) is 0 Å². The van der Waals surface area contributed by atoms with Gasteiger partial charge in [0, 0.05) is 6.07 Å². The van der Waals surface area contributed by atoms with Gasteiger partial charge < -0.3 is 0 Å². The quantitative estimate of drug-likeness (QED) is 0.526. The van der Waals surface area contributed by atoms with Gasteiger partial charge in [0.1, 0.15) is 0 Å². The molecule has 16 heavy (non-hydrogen) atoms. The van der Waals surface area contributed by atoms with E-state index in [2.05, 4.69) is 5.92 Å². The fourth-order valence-electron chi connectivity index (χ4n) is 1.54. The van der Waals surface area contributed by atoms with Crippen molar-refractivity contribution >= 4 is 17.4 Å². The van der Waals surface area contributed by atoms with Crippen LogP contribution < -0.4 is 4.90 Å². The van der Waals surface area contributed by atoms with E-state index in [0.29, 0.717) is 6.07 Å². The minimum absolute atomic E-state index is 0.0202. The van der Waals surface area contributed by atoms with Crippen molar-refractivity contribution in [3.05, 3.63) is 29.3 Å². The van der Waals surface area contributed by atoms with Crippen LogP contribution in [0.3, 0.4) is 0 Å². The van der Waals surface area contributed by atoms with Crippen molar-refractivity contribution in [2.45, 2.75) is 0 Å². The molecule has 1 aromatic carbocycles. The van der Waals surface area contributed by atoms with E-state index in [4.69, 9.17) is 6.42 Å². The minimum atomic E-state index is -1.16. The first-order chi connectivity index (χ1) is 7.56. The van der Waals surface area contributed by atoms with Gasteiger partial charge in [-0.1, -0.05) is 5.92 Å². The van der Waals surface area contributed by atoms with Crippen LogP contribution in [0.5, 0.6) is 0 Å². The van der Waals surface area contributed by atoms with Crippen molar-refractivity contribution in [2.75, 3.05) is 11.4 Å². The largest absolute Gasteiger partial charge is 0.300 e. The summed E-state index contributed by atoms with van der Waals surface area (Å²) in [6.45, 7) is -0.150. The topological polar surface area (TPSA) is 37.4 Å². The monoisotopic (exact) mass is 221 g/mol. The molecule has 1 aliphatic rings. The predicted octanol–water partition coefficient (Wildman–Crippen LogP) is 1.13. The number of carbonyl (C=O) groups excluding carboxylic acids is 2. The molecule has 0 spiro atoms. The van der Waals surface area contributed by atoms with E-state index in [1.807, 2.05) is 0 Å². The number of rotatable bonds is 1. The number of ketones is 1. The van der Waals surface area contributed by atoms with Crippen LogP contribution >= 0.6 is 0 Å². The average molecular weight is 221 g/mol. The Balaban J connectivity index is 2.62. The van der Waals surface area contributed by atoms with Gasteiger partial charge >= 0.3 is 0 Å². The second kappa shape index (κ2) is 3.42. The SMILES string of the molecule is C#CCN1C(=O)C(=O)c2cc(F)c(F)cc21. The van der Waals surface area contributed by atoms with Gasteiger partial charge in [-0.3, -0.25) is 14.5 Å². The van der Waals surface area contributed by atoms with E-state index in [1.54, 1.807) is 0 Å². The summed E-state index contributed by atoms with van der Waals surface area (Å²) in [5.74, 6) is -1.85.